The van der Waals surface area contributed by atoms with E-state index in [0.29, 0.717) is 0 Å². The van der Waals surface area contributed by atoms with E-state index in [1.54, 1.807) is 0 Å². The first-order valence-electron chi connectivity index (χ1n) is 5.54. The summed E-state index contributed by atoms with van der Waals surface area (Å²) >= 11 is 0. The predicted molar refractivity (Wildman–Crippen MR) is 71.0 cm³/mol. The van der Waals surface area contributed by atoms with E-state index >= 15 is 0 Å². The third-order valence-corrected chi connectivity index (χ3v) is 4.49. The molecule has 106 valence electrons. The van der Waals surface area contributed by atoms with E-state index in [2.05, 4.69) is 5.32 Å². The normalized spacial score (nSPS) is 11.5. The molecule has 1 aromatic carbocycles. The number of carbonyl (C=O) groups is 1. The number of benzene rings is 1. The first-order valence-corrected chi connectivity index (χ1v) is 6.98. The molecule has 0 radical (unpaired) electrons. The highest BCUT2D eigenvalue weighted by atomic mass is 32.2. The molecule has 0 saturated carbocycles. The molecule has 7 nitrogen and oxygen atoms in total. The zero-order valence-electron chi connectivity index (χ0n) is 10.8. The van der Waals surface area contributed by atoms with Crippen LogP contribution in [0.4, 0.5) is 5.69 Å². The third kappa shape index (κ3) is 3.58. The molecule has 0 aliphatic heterocycles. The number of rotatable bonds is 5. The van der Waals surface area contributed by atoms with Crippen LogP contribution in [-0.2, 0) is 14.8 Å². The molecular weight excluding hydrogens is 270 g/mol. The molecule has 1 amide bonds. The maximum atomic E-state index is 12.2. The largest absolute Gasteiger partial charge is 0.506 e. The average Bonchev–Trinajstić information content (AvgIpc) is 2.38. The van der Waals surface area contributed by atoms with Crippen LogP contribution in [0.2, 0.25) is 0 Å². The van der Waals surface area contributed by atoms with Crippen molar-refractivity contribution in [1.29, 1.82) is 0 Å². The molecule has 0 unspecified atom stereocenters. The minimum Gasteiger partial charge on any atom is -0.506 e. The maximum absolute atomic E-state index is 12.2. The van der Waals surface area contributed by atoms with Crippen LogP contribution in [0, 0.1) is 0 Å². The number of phenols is 1. The fourth-order valence-corrected chi connectivity index (χ4v) is 2.58. The number of hydrogen-bond acceptors (Lipinski definition) is 5. The number of aromatic hydroxyl groups is 1. The van der Waals surface area contributed by atoms with Crippen LogP contribution in [-0.4, -0.2) is 44.4 Å². The summed E-state index contributed by atoms with van der Waals surface area (Å²) in [5, 5.41) is 11.7. The predicted octanol–water partition coefficient (Wildman–Crippen LogP) is -0.269. The van der Waals surface area contributed by atoms with Crippen LogP contribution >= 0.6 is 0 Å². The lowest BCUT2D eigenvalue weighted by atomic mass is 10.3. The van der Waals surface area contributed by atoms with Gasteiger partial charge in [-0.1, -0.05) is 0 Å². The average molecular weight is 287 g/mol. The number of nitrogens with one attached hydrogen (secondary N) is 1. The highest BCUT2D eigenvalue weighted by Gasteiger charge is 2.21. The van der Waals surface area contributed by atoms with Gasteiger partial charge >= 0.3 is 0 Å². The first kappa shape index (κ1) is 15.3. The number of nitrogens with two attached hydrogens (primary N) is 1. The van der Waals surface area contributed by atoms with Crippen LogP contribution in [0.25, 0.3) is 0 Å². The van der Waals surface area contributed by atoms with Crippen molar-refractivity contribution in [2.45, 2.75) is 11.3 Å². The molecule has 19 heavy (non-hydrogen) atoms. The van der Waals surface area contributed by atoms with Gasteiger partial charge in [0.25, 0.3) is 0 Å². The summed E-state index contributed by atoms with van der Waals surface area (Å²) in [6.07, 6.45) is 0.0692. The van der Waals surface area contributed by atoms with Gasteiger partial charge in [-0.2, -0.15) is 0 Å². The Morgan fingerprint density at radius 1 is 1.47 bits per heavy atom. The Kier molecular flexibility index (Phi) is 4.73. The number of hydrogen-bond donors (Lipinski definition) is 3. The summed E-state index contributed by atoms with van der Waals surface area (Å²) in [5.41, 5.74) is 5.45. The summed E-state index contributed by atoms with van der Waals surface area (Å²) in [5.74, 6) is -0.417. The fourth-order valence-electron chi connectivity index (χ4n) is 1.38. The van der Waals surface area contributed by atoms with Gasteiger partial charge in [0.15, 0.2) is 0 Å². The molecule has 0 fully saturated rings. The first-order chi connectivity index (χ1) is 8.78. The van der Waals surface area contributed by atoms with Crippen molar-refractivity contribution in [3.8, 4) is 5.75 Å². The van der Waals surface area contributed by atoms with Crippen LogP contribution in [0.1, 0.15) is 6.42 Å². The van der Waals surface area contributed by atoms with Crippen molar-refractivity contribution >= 4 is 21.6 Å². The number of carbonyl (C=O) groups excluding carboxylic acids is 1. The molecule has 0 aliphatic carbocycles. The number of phenolic OH excluding ortho intramolecular Hbond substituents is 1. The summed E-state index contributed by atoms with van der Waals surface area (Å²) in [4.78, 5) is 11.1. The van der Waals surface area contributed by atoms with Gasteiger partial charge in [-0.3, -0.25) is 4.79 Å². The van der Waals surface area contributed by atoms with E-state index < -0.39 is 10.0 Å². The molecule has 1 rings (SSSR count). The Balaban J connectivity index is 2.90. The Labute approximate surface area is 112 Å². The number of anilines is 1. The molecule has 0 bridgehead atoms. The van der Waals surface area contributed by atoms with E-state index in [-0.39, 0.29) is 35.2 Å². The molecular formula is C11H17N3O4S. The van der Waals surface area contributed by atoms with E-state index in [0.717, 1.165) is 4.31 Å². The molecule has 4 N–H and O–H groups in total. The molecule has 0 saturated heterocycles. The van der Waals surface area contributed by atoms with Crippen molar-refractivity contribution in [2.75, 3.05) is 26.4 Å². The number of nitrogens with zero attached hydrogens (tertiary/aromatic N) is 1. The second kappa shape index (κ2) is 5.89. The zero-order chi connectivity index (χ0) is 14.6. The molecule has 0 aromatic heterocycles. The van der Waals surface area contributed by atoms with Gasteiger partial charge in [0, 0.05) is 27.1 Å². The van der Waals surface area contributed by atoms with Gasteiger partial charge in [0.1, 0.15) is 5.75 Å². The van der Waals surface area contributed by atoms with Crippen LogP contribution < -0.4 is 11.1 Å². The maximum Gasteiger partial charge on any atom is 0.242 e. The standard InChI is InChI=1S/C11H17N3O4S/c1-13-11(16)5-6-14(2)19(17,18)8-3-4-10(15)9(12)7-8/h3-4,7,15H,5-6,12H2,1-2H3,(H,13,16). The Hall–Kier alpha value is -1.80. The van der Waals surface area contributed by atoms with Crippen molar-refractivity contribution < 1.29 is 18.3 Å². The quantitative estimate of drug-likeness (QED) is 0.510. The Morgan fingerprint density at radius 2 is 2.11 bits per heavy atom. The fraction of sp³-hybridized carbons (Fsp3) is 0.364. The Morgan fingerprint density at radius 3 is 2.63 bits per heavy atom. The summed E-state index contributed by atoms with van der Waals surface area (Å²) in [6.45, 7) is 0.0583. The molecule has 8 heteroatoms. The van der Waals surface area contributed by atoms with Crippen LogP contribution in [0.3, 0.4) is 0 Å². The Bertz CT molecular complexity index is 571. The lowest BCUT2D eigenvalue weighted by molar-refractivity contribution is -0.120. The van der Waals surface area contributed by atoms with E-state index in [9.17, 15) is 18.3 Å². The monoisotopic (exact) mass is 287 g/mol. The zero-order valence-corrected chi connectivity index (χ0v) is 11.6. The number of sulfonamides is 1. The minimum atomic E-state index is -3.72. The van der Waals surface area contributed by atoms with Gasteiger partial charge in [0.05, 0.1) is 10.6 Å². The van der Waals surface area contributed by atoms with Gasteiger partial charge < -0.3 is 16.2 Å². The summed E-state index contributed by atoms with van der Waals surface area (Å²) < 4.78 is 25.4. The van der Waals surface area contributed by atoms with Crippen molar-refractivity contribution in [2.24, 2.45) is 0 Å². The second-order valence-electron chi connectivity index (χ2n) is 3.97. The lowest BCUT2D eigenvalue weighted by Gasteiger charge is -2.17. The smallest absolute Gasteiger partial charge is 0.242 e. The van der Waals surface area contributed by atoms with E-state index in [1.807, 2.05) is 0 Å². The van der Waals surface area contributed by atoms with Gasteiger partial charge in [0.2, 0.25) is 15.9 Å². The van der Waals surface area contributed by atoms with Gasteiger partial charge in [-0.25, -0.2) is 12.7 Å². The third-order valence-electron chi connectivity index (χ3n) is 2.64. The molecule has 0 spiro atoms. The van der Waals surface area contributed by atoms with E-state index in [1.165, 1.54) is 32.3 Å². The van der Waals surface area contributed by atoms with Crippen LogP contribution in [0.15, 0.2) is 23.1 Å². The topological polar surface area (TPSA) is 113 Å². The number of amides is 1. The highest BCUT2D eigenvalue weighted by molar-refractivity contribution is 7.89. The van der Waals surface area contributed by atoms with Crippen molar-refractivity contribution in [3.05, 3.63) is 18.2 Å². The lowest BCUT2D eigenvalue weighted by Crippen LogP contribution is -2.31. The van der Waals surface area contributed by atoms with E-state index in [4.69, 9.17) is 5.73 Å². The van der Waals surface area contributed by atoms with Crippen molar-refractivity contribution in [1.82, 2.24) is 9.62 Å². The van der Waals surface area contributed by atoms with Crippen molar-refractivity contribution in [3.63, 3.8) is 0 Å². The molecule has 1 aromatic rings. The van der Waals surface area contributed by atoms with Gasteiger partial charge in [-0.05, 0) is 18.2 Å². The SMILES string of the molecule is CNC(=O)CCN(C)S(=O)(=O)c1ccc(O)c(N)c1. The highest BCUT2D eigenvalue weighted by Crippen LogP contribution is 2.24. The minimum absolute atomic E-state index is 0.0132. The van der Waals surface area contributed by atoms with Gasteiger partial charge in [-0.15, -0.1) is 0 Å². The summed E-state index contributed by atoms with van der Waals surface area (Å²) in [6, 6.07) is 3.66. The van der Waals surface area contributed by atoms with Crippen LogP contribution in [0.5, 0.6) is 5.75 Å². The second-order valence-corrected chi connectivity index (χ2v) is 6.02. The molecule has 0 aliphatic rings. The molecule has 0 heterocycles. The number of nitrogen functional groups attached to an aromatic ring is 1. The summed E-state index contributed by atoms with van der Waals surface area (Å²) in [7, 11) is -0.860. The molecule has 0 atom stereocenters.